The van der Waals surface area contributed by atoms with E-state index in [0.29, 0.717) is 18.9 Å². The molecule has 0 N–H and O–H groups in total. The maximum atomic E-state index is 11.2. The fraction of sp³-hybridized carbons (Fsp3) is 0.333. The summed E-state index contributed by atoms with van der Waals surface area (Å²) in [4.78, 5) is 19.3. The van der Waals surface area contributed by atoms with Crippen LogP contribution in [0.3, 0.4) is 0 Å². The summed E-state index contributed by atoms with van der Waals surface area (Å²) in [5.74, 6) is 0.434. The summed E-state index contributed by atoms with van der Waals surface area (Å²) in [5, 5.41) is 3.80. The van der Waals surface area contributed by atoms with Gasteiger partial charge >= 0.3 is 5.97 Å². The lowest BCUT2D eigenvalue weighted by Gasteiger charge is -1.96. The van der Waals surface area contributed by atoms with Gasteiger partial charge in [0.15, 0.2) is 5.82 Å². The average molecular weight is 247 g/mol. The van der Waals surface area contributed by atoms with E-state index in [9.17, 15) is 4.79 Å². The molecule has 6 nitrogen and oxygen atoms in total. The highest BCUT2D eigenvalue weighted by Gasteiger charge is 2.12. The van der Waals surface area contributed by atoms with Crippen molar-refractivity contribution in [3.8, 4) is 0 Å². The maximum Gasteiger partial charge on any atom is 0.315 e. The topological polar surface area (TPSA) is 78.1 Å². The summed E-state index contributed by atoms with van der Waals surface area (Å²) >= 11 is 0. The van der Waals surface area contributed by atoms with Gasteiger partial charge in [0, 0.05) is 18.8 Å². The fourth-order valence-electron chi connectivity index (χ4n) is 1.45. The van der Waals surface area contributed by atoms with Crippen molar-refractivity contribution in [3.05, 3.63) is 41.8 Å². The Hall–Kier alpha value is -2.24. The lowest BCUT2D eigenvalue weighted by Crippen LogP contribution is -2.07. The average Bonchev–Trinajstić information content (AvgIpc) is 2.78. The lowest BCUT2D eigenvalue weighted by molar-refractivity contribution is -0.142. The molecule has 6 heteroatoms. The molecule has 0 aliphatic carbocycles. The van der Waals surface area contributed by atoms with Crippen LogP contribution in [0.1, 0.15) is 24.2 Å². The highest BCUT2D eigenvalue weighted by Crippen LogP contribution is 2.06. The molecule has 18 heavy (non-hydrogen) atoms. The summed E-state index contributed by atoms with van der Waals surface area (Å²) in [6, 6.07) is 3.77. The van der Waals surface area contributed by atoms with E-state index in [4.69, 9.17) is 9.26 Å². The van der Waals surface area contributed by atoms with Gasteiger partial charge in [0.05, 0.1) is 6.61 Å². The van der Waals surface area contributed by atoms with Crippen LogP contribution in [-0.2, 0) is 22.4 Å². The lowest BCUT2D eigenvalue weighted by atomic mass is 10.2. The van der Waals surface area contributed by atoms with Crippen molar-refractivity contribution in [1.29, 1.82) is 0 Å². The molecule has 0 aliphatic rings. The van der Waals surface area contributed by atoms with Crippen molar-refractivity contribution in [1.82, 2.24) is 15.1 Å². The van der Waals surface area contributed by atoms with Gasteiger partial charge in [-0.25, -0.2) is 0 Å². The molecule has 94 valence electrons. The van der Waals surface area contributed by atoms with Crippen molar-refractivity contribution < 1.29 is 14.1 Å². The third-order valence-electron chi connectivity index (χ3n) is 2.20. The molecule has 2 rings (SSSR count). The Morgan fingerprint density at radius 3 is 3.11 bits per heavy atom. The van der Waals surface area contributed by atoms with E-state index in [1.807, 2.05) is 12.1 Å². The third-order valence-corrected chi connectivity index (χ3v) is 2.20. The Balaban J connectivity index is 1.96. The number of hydrogen-bond donors (Lipinski definition) is 0. The van der Waals surface area contributed by atoms with Gasteiger partial charge in [-0.3, -0.25) is 9.78 Å². The van der Waals surface area contributed by atoms with Crippen LogP contribution in [-0.4, -0.2) is 27.7 Å². The largest absolute Gasteiger partial charge is 0.466 e. The van der Waals surface area contributed by atoms with Crippen LogP contribution in [0.5, 0.6) is 0 Å². The molecule has 0 aliphatic heterocycles. The van der Waals surface area contributed by atoms with E-state index < -0.39 is 0 Å². The van der Waals surface area contributed by atoms with Crippen LogP contribution in [0.2, 0.25) is 0 Å². The summed E-state index contributed by atoms with van der Waals surface area (Å²) in [7, 11) is 0. The minimum Gasteiger partial charge on any atom is -0.466 e. The highest BCUT2D eigenvalue weighted by molar-refractivity contribution is 5.71. The van der Waals surface area contributed by atoms with Crippen molar-refractivity contribution in [3.63, 3.8) is 0 Å². The Morgan fingerprint density at radius 1 is 1.50 bits per heavy atom. The number of rotatable bonds is 5. The number of esters is 1. The Kier molecular flexibility index (Phi) is 4.01. The van der Waals surface area contributed by atoms with Crippen LogP contribution in [0.4, 0.5) is 0 Å². The monoisotopic (exact) mass is 247 g/mol. The van der Waals surface area contributed by atoms with E-state index in [1.165, 1.54) is 0 Å². The van der Waals surface area contributed by atoms with Crippen LogP contribution < -0.4 is 0 Å². The number of hydrogen-bond acceptors (Lipinski definition) is 6. The van der Waals surface area contributed by atoms with Crippen LogP contribution >= 0.6 is 0 Å². The first kappa shape index (κ1) is 12.2. The quantitative estimate of drug-likeness (QED) is 0.738. The van der Waals surface area contributed by atoms with Gasteiger partial charge < -0.3 is 9.26 Å². The third kappa shape index (κ3) is 3.38. The predicted octanol–water partition coefficient (Wildman–Crippen LogP) is 1.16. The first-order valence-electron chi connectivity index (χ1n) is 5.64. The molecule has 0 radical (unpaired) electrons. The smallest absolute Gasteiger partial charge is 0.315 e. The summed E-state index contributed by atoms with van der Waals surface area (Å²) in [6.07, 6.45) is 3.97. The second-order valence-corrected chi connectivity index (χ2v) is 3.62. The molecule has 2 aromatic rings. The molecular formula is C12H13N3O3. The Bertz CT molecular complexity index is 510. The molecule has 2 aromatic heterocycles. The molecular weight excluding hydrogens is 234 g/mol. The van der Waals surface area contributed by atoms with Crippen molar-refractivity contribution >= 4 is 5.97 Å². The first-order valence-corrected chi connectivity index (χ1v) is 5.64. The van der Waals surface area contributed by atoms with Gasteiger partial charge in [-0.15, -0.1) is 0 Å². The number of ether oxygens (including phenoxy) is 1. The van der Waals surface area contributed by atoms with Gasteiger partial charge in [0.25, 0.3) is 0 Å². The number of nitrogens with zero attached hydrogens (tertiary/aromatic N) is 3. The van der Waals surface area contributed by atoms with Gasteiger partial charge in [0.2, 0.25) is 5.89 Å². The van der Waals surface area contributed by atoms with E-state index in [-0.39, 0.29) is 18.3 Å². The zero-order chi connectivity index (χ0) is 12.8. The molecule has 0 saturated carbocycles. The van der Waals surface area contributed by atoms with E-state index in [0.717, 1.165) is 5.56 Å². The second-order valence-electron chi connectivity index (χ2n) is 3.62. The fourth-order valence-corrected chi connectivity index (χ4v) is 1.45. The minimum atomic E-state index is -0.367. The number of aromatic nitrogens is 3. The predicted molar refractivity (Wildman–Crippen MR) is 61.7 cm³/mol. The van der Waals surface area contributed by atoms with Gasteiger partial charge in [-0.1, -0.05) is 11.2 Å². The van der Waals surface area contributed by atoms with E-state index >= 15 is 0 Å². The van der Waals surface area contributed by atoms with E-state index in [2.05, 4.69) is 15.1 Å². The standard InChI is InChI=1S/C12H13N3O3/c1-2-17-12(16)7-11-14-10(15-18-11)6-9-4-3-5-13-8-9/h3-5,8H,2,6-7H2,1H3. The van der Waals surface area contributed by atoms with Gasteiger partial charge in [-0.2, -0.15) is 4.98 Å². The molecule has 0 bridgehead atoms. The summed E-state index contributed by atoms with van der Waals surface area (Å²) < 4.78 is 9.77. The summed E-state index contributed by atoms with van der Waals surface area (Å²) in [5.41, 5.74) is 0.987. The van der Waals surface area contributed by atoms with Gasteiger partial charge in [0.1, 0.15) is 6.42 Å². The zero-order valence-electron chi connectivity index (χ0n) is 10.00. The second kappa shape index (κ2) is 5.90. The Labute approximate surface area is 104 Å². The molecule has 0 unspecified atom stereocenters. The number of pyridine rings is 1. The van der Waals surface area contributed by atoms with Crippen molar-refractivity contribution in [2.75, 3.05) is 6.61 Å². The van der Waals surface area contributed by atoms with Crippen LogP contribution in [0.25, 0.3) is 0 Å². The molecule has 0 fully saturated rings. The molecule has 0 amide bonds. The zero-order valence-corrected chi connectivity index (χ0v) is 10.00. The molecule has 0 aromatic carbocycles. The molecule has 0 spiro atoms. The number of carbonyl (C=O) groups is 1. The van der Waals surface area contributed by atoms with Crippen molar-refractivity contribution in [2.45, 2.75) is 19.8 Å². The van der Waals surface area contributed by atoms with Crippen LogP contribution in [0.15, 0.2) is 29.0 Å². The summed E-state index contributed by atoms with van der Waals surface area (Å²) in [6.45, 7) is 2.09. The van der Waals surface area contributed by atoms with Crippen molar-refractivity contribution in [2.24, 2.45) is 0 Å². The first-order chi connectivity index (χ1) is 8.78. The Morgan fingerprint density at radius 2 is 2.39 bits per heavy atom. The SMILES string of the molecule is CCOC(=O)Cc1nc(Cc2cccnc2)no1. The molecule has 2 heterocycles. The van der Waals surface area contributed by atoms with Gasteiger partial charge in [-0.05, 0) is 18.6 Å². The van der Waals surface area contributed by atoms with Crippen LogP contribution in [0, 0.1) is 0 Å². The molecule has 0 saturated heterocycles. The maximum absolute atomic E-state index is 11.2. The normalized spacial score (nSPS) is 10.3. The van der Waals surface area contributed by atoms with E-state index in [1.54, 1.807) is 19.3 Å². The highest BCUT2D eigenvalue weighted by atomic mass is 16.5. The minimum absolute atomic E-state index is 0.00782. The number of carbonyl (C=O) groups excluding carboxylic acids is 1. The molecule has 0 atom stereocenters.